The number of carboxylic acid groups (broad SMARTS) is 1. The van der Waals surface area contributed by atoms with Gasteiger partial charge in [0.2, 0.25) is 0 Å². The molecule has 1 amide bonds. The standard InChI is InChI=1S/C22H25NO4/c1-15(21(24)23-19-11-7-18(8-12-19)22(25)26)27-20-13-9-17(10-14-20)16-5-3-2-4-6-16/h2-6,9-10,13-15,18-19H,7-8,11-12H2,1H3,(H,23,24)(H,25,26). The fourth-order valence-corrected chi connectivity index (χ4v) is 3.42. The molecule has 1 aliphatic rings. The number of carbonyl (C=O) groups is 2. The number of hydrogen-bond donors (Lipinski definition) is 2. The molecule has 1 unspecified atom stereocenters. The third-order valence-corrected chi connectivity index (χ3v) is 5.07. The van der Waals surface area contributed by atoms with Crippen LogP contribution in [-0.4, -0.2) is 29.1 Å². The monoisotopic (exact) mass is 367 g/mol. The van der Waals surface area contributed by atoms with E-state index in [0.29, 0.717) is 31.4 Å². The fourth-order valence-electron chi connectivity index (χ4n) is 3.42. The molecule has 5 nitrogen and oxygen atoms in total. The minimum atomic E-state index is -0.740. The molecule has 0 bridgehead atoms. The first-order valence-electron chi connectivity index (χ1n) is 9.38. The molecule has 2 N–H and O–H groups in total. The van der Waals surface area contributed by atoms with Crippen molar-refractivity contribution >= 4 is 11.9 Å². The normalized spacial score (nSPS) is 20.5. The van der Waals surface area contributed by atoms with Gasteiger partial charge in [0, 0.05) is 6.04 Å². The van der Waals surface area contributed by atoms with Crippen LogP contribution in [0.4, 0.5) is 0 Å². The van der Waals surface area contributed by atoms with Crippen molar-refractivity contribution in [3.63, 3.8) is 0 Å². The molecule has 5 heteroatoms. The van der Waals surface area contributed by atoms with Crippen LogP contribution in [0.3, 0.4) is 0 Å². The lowest BCUT2D eigenvalue weighted by atomic mass is 9.86. The summed E-state index contributed by atoms with van der Waals surface area (Å²) in [6, 6.07) is 17.8. The van der Waals surface area contributed by atoms with Crippen molar-refractivity contribution in [2.24, 2.45) is 5.92 Å². The Morgan fingerprint density at radius 2 is 1.56 bits per heavy atom. The Morgan fingerprint density at radius 1 is 0.963 bits per heavy atom. The van der Waals surface area contributed by atoms with E-state index in [1.165, 1.54) is 0 Å². The van der Waals surface area contributed by atoms with Gasteiger partial charge in [-0.1, -0.05) is 42.5 Å². The molecular formula is C22H25NO4. The fraction of sp³-hybridized carbons (Fsp3) is 0.364. The maximum atomic E-state index is 12.4. The number of benzene rings is 2. The second-order valence-electron chi connectivity index (χ2n) is 7.05. The minimum absolute atomic E-state index is 0.0274. The Bertz CT molecular complexity index is 765. The number of rotatable bonds is 6. The average molecular weight is 367 g/mol. The summed E-state index contributed by atoms with van der Waals surface area (Å²) in [7, 11) is 0. The molecule has 1 saturated carbocycles. The van der Waals surface area contributed by atoms with Crippen LogP contribution in [-0.2, 0) is 9.59 Å². The predicted octanol–water partition coefficient (Wildman–Crippen LogP) is 3.88. The van der Waals surface area contributed by atoms with Gasteiger partial charge in [-0.2, -0.15) is 0 Å². The maximum Gasteiger partial charge on any atom is 0.306 e. The van der Waals surface area contributed by atoms with Crippen molar-refractivity contribution in [1.29, 1.82) is 0 Å². The van der Waals surface area contributed by atoms with Crippen molar-refractivity contribution in [2.45, 2.75) is 44.8 Å². The molecule has 0 aliphatic heterocycles. The molecule has 1 aliphatic carbocycles. The van der Waals surface area contributed by atoms with E-state index in [1.54, 1.807) is 6.92 Å². The first-order chi connectivity index (χ1) is 13.0. The summed E-state index contributed by atoms with van der Waals surface area (Å²) in [5.41, 5.74) is 2.22. The van der Waals surface area contributed by atoms with E-state index in [0.717, 1.165) is 11.1 Å². The van der Waals surface area contributed by atoms with Gasteiger partial charge in [0.25, 0.3) is 5.91 Å². The molecule has 2 aromatic rings. The van der Waals surface area contributed by atoms with Crippen LogP contribution in [0.25, 0.3) is 11.1 Å². The van der Waals surface area contributed by atoms with E-state index in [1.807, 2.05) is 54.6 Å². The first kappa shape index (κ1) is 19.0. The lowest BCUT2D eigenvalue weighted by Crippen LogP contribution is -2.44. The van der Waals surface area contributed by atoms with E-state index < -0.39 is 12.1 Å². The second kappa shape index (κ2) is 8.71. The van der Waals surface area contributed by atoms with Crippen LogP contribution < -0.4 is 10.1 Å². The van der Waals surface area contributed by atoms with E-state index in [4.69, 9.17) is 9.84 Å². The molecule has 0 heterocycles. The van der Waals surface area contributed by atoms with E-state index >= 15 is 0 Å². The topological polar surface area (TPSA) is 75.6 Å². The van der Waals surface area contributed by atoms with Crippen LogP contribution in [0.5, 0.6) is 5.75 Å². The number of ether oxygens (including phenoxy) is 1. The smallest absolute Gasteiger partial charge is 0.306 e. The van der Waals surface area contributed by atoms with Crippen molar-refractivity contribution in [1.82, 2.24) is 5.32 Å². The van der Waals surface area contributed by atoms with Crippen LogP contribution >= 0.6 is 0 Å². The Morgan fingerprint density at radius 3 is 2.15 bits per heavy atom. The number of nitrogens with one attached hydrogen (secondary N) is 1. The number of hydrogen-bond acceptors (Lipinski definition) is 3. The Hall–Kier alpha value is -2.82. The zero-order valence-corrected chi connectivity index (χ0v) is 15.4. The van der Waals surface area contributed by atoms with Gasteiger partial charge in [0.15, 0.2) is 6.10 Å². The Kier molecular flexibility index (Phi) is 6.12. The average Bonchev–Trinajstić information content (AvgIpc) is 2.69. The van der Waals surface area contributed by atoms with Gasteiger partial charge in [-0.25, -0.2) is 0 Å². The molecule has 2 aromatic carbocycles. The Balaban J connectivity index is 1.50. The molecule has 3 rings (SSSR count). The molecule has 0 spiro atoms. The van der Waals surface area contributed by atoms with Gasteiger partial charge >= 0.3 is 5.97 Å². The van der Waals surface area contributed by atoms with E-state index in [-0.39, 0.29) is 17.9 Å². The van der Waals surface area contributed by atoms with E-state index in [9.17, 15) is 9.59 Å². The minimum Gasteiger partial charge on any atom is -0.481 e. The van der Waals surface area contributed by atoms with Gasteiger partial charge in [-0.05, 0) is 55.9 Å². The molecule has 0 radical (unpaired) electrons. The summed E-state index contributed by atoms with van der Waals surface area (Å²) in [6.45, 7) is 1.73. The highest BCUT2D eigenvalue weighted by molar-refractivity contribution is 5.81. The van der Waals surface area contributed by atoms with Crippen LogP contribution in [0, 0.1) is 5.92 Å². The highest BCUT2D eigenvalue weighted by Gasteiger charge is 2.28. The second-order valence-corrected chi connectivity index (χ2v) is 7.05. The van der Waals surface area contributed by atoms with Gasteiger partial charge in [-0.15, -0.1) is 0 Å². The van der Waals surface area contributed by atoms with Crippen LogP contribution in [0.2, 0.25) is 0 Å². The van der Waals surface area contributed by atoms with Crippen molar-refractivity contribution < 1.29 is 19.4 Å². The predicted molar refractivity (Wildman–Crippen MR) is 103 cm³/mol. The van der Waals surface area contributed by atoms with Gasteiger partial charge in [-0.3, -0.25) is 9.59 Å². The SMILES string of the molecule is CC(Oc1ccc(-c2ccccc2)cc1)C(=O)NC1CCC(C(=O)O)CC1. The summed E-state index contributed by atoms with van der Waals surface area (Å²) in [6.07, 6.45) is 2.00. The lowest BCUT2D eigenvalue weighted by molar-refractivity contribution is -0.142. The molecule has 142 valence electrons. The highest BCUT2D eigenvalue weighted by Crippen LogP contribution is 2.25. The number of amides is 1. The van der Waals surface area contributed by atoms with E-state index in [2.05, 4.69) is 5.32 Å². The molecule has 0 saturated heterocycles. The van der Waals surface area contributed by atoms with Crippen molar-refractivity contribution in [3.05, 3.63) is 54.6 Å². The van der Waals surface area contributed by atoms with Gasteiger partial charge in [0.05, 0.1) is 5.92 Å². The quantitative estimate of drug-likeness (QED) is 0.812. The van der Waals surface area contributed by atoms with Crippen molar-refractivity contribution in [2.75, 3.05) is 0 Å². The summed E-state index contributed by atoms with van der Waals surface area (Å²) < 4.78 is 5.76. The maximum absolute atomic E-state index is 12.4. The third kappa shape index (κ3) is 5.09. The zero-order valence-electron chi connectivity index (χ0n) is 15.4. The van der Waals surface area contributed by atoms with Gasteiger partial charge in [0.1, 0.15) is 5.75 Å². The molecule has 1 atom stereocenters. The number of carboxylic acids is 1. The lowest BCUT2D eigenvalue weighted by Gasteiger charge is -2.27. The molecule has 1 fully saturated rings. The number of aliphatic carboxylic acids is 1. The zero-order chi connectivity index (χ0) is 19.2. The Labute approximate surface area is 159 Å². The molecular weight excluding hydrogens is 342 g/mol. The third-order valence-electron chi connectivity index (χ3n) is 5.07. The number of carbonyl (C=O) groups excluding carboxylic acids is 1. The van der Waals surface area contributed by atoms with Crippen molar-refractivity contribution in [3.8, 4) is 16.9 Å². The largest absolute Gasteiger partial charge is 0.481 e. The summed E-state index contributed by atoms with van der Waals surface area (Å²) in [5, 5.41) is 12.0. The molecule has 27 heavy (non-hydrogen) atoms. The van der Waals surface area contributed by atoms with Crippen LogP contribution in [0.1, 0.15) is 32.6 Å². The summed E-state index contributed by atoms with van der Waals surface area (Å²) in [4.78, 5) is 23.4. The molecule has 0 aromatic heterocycles. The summed E-state index contributed by atoms with van der Waals surface area (Å²) >= 11 is 0. The van der Waals surface area contributed by atoms with Crippen LogP contribution in [0.15, 0.2) is 54.6 Å². The van der Waals surface area contributed by atoms with Gasteiger partial charge < -0.3 is 15.2 Å². The summed E-state index contributed by atoms with van der Waals surface area (Å²) in [5.74, 6) is -0.543. The highest BCUT2D eigenvalue weighted by atomic mass is 16.5. The first-order valence-corrected chi connectivity index (χ1v) is 9.38.